The van der Waals surface area contributed by atoms with Gasteiger partial charge in [-0.15, -0.1) is 0 Å². The Morgan fingerprint density at radius 3 is 2.57 bits per heavy atom. The second-order valence-electron chi connectivity index (χ2n) is 6.46. The van der Waals surface area contributed by atoms with Crippen molar-refractivity contribution in [2.45, 2.75) is 49.6 Å². The van der Waals surface area contributed by atoms with Crippen LogP contribution in [0, 0.1) is 0 Å². The minimum absolute atomic E-state index is 0.350. The minimum Gasteiger partial charge on any atom is -0.481 e. The van der Waals surface area contributed by atoms with E-state index in [0.717, 1.165) is 12.8 Å². The maximum atomic E-state index is 11.2. The Morgan fingerprint density at radius 1 is 1.33 bits per heavy atom. The molecule has 2 saturated heterocycles. The summed E-state index contributed by atoms with van der Waals surface area (Å²) in [5.41, 5.74) is 1.95. The van der Waals surface area contributed by atoms with Crippen LogP contribution in [0.25, 0.3) is 0 Å². The molecule has 0 aliphatic carbocycles. The van der Waals surface area contributed by atoms with Crippen molar-refractivity contribution in [2.24, 2.45) is 0 Å². The first-order valence-electron chi connectivity index (χ1n) is 7.75. The normalized spacial score (nSPS) is 30.3. The number of aliphatic hydroxyl groups excluding tert-OH is 1. The predicted molar refractivity (Wildman–Crippen MR) is 80.5 cm³/mol. The van der Waals surface area contributed by atoms with Gasteiger partial charge in [-0.25, -0.2) is 0 Å². The highest BCUT2D eigenvalue weighted by molar-refractivity contribution is 5.76. The zero-order valence-corrected chi connectivity index (χ0v) is 12.4. The Balaban J connectivity index is 1.82. The monoisotopic (exact) mass is 289 g/mol. The number of piperidine rings is 1. The van der Waals surface area contributed by atoms with Crippen LogP contribution in [0.4, 0.5) is 0 Å². The van der Waals surface area contributed by atoms with Gasteiger partial charge in [0.15, 0.2) is 0 Å². The summed E-state index contributed by atoms with van der Waals surface area (Å²) < 4.78 is 0. The van der Waals surface area contributed by atoms with Gasteiger partial charge in [-0.05, 0) is 49.8 Å². The van der Waals surface area contributed by atoms with Crippen molar-refractivity contribution in [1.29, 1.82) is 0 Å². The van der Waals surface area contributed by atoms with Crippen molar-refractivity contribution in [2.75, 3.05) is 13.7 Å². The Kier molecular flexibility index (Phi) is 4.00. The molecule has 0 saturated carbocycles. The van der Waals surface area contributed by atoms with Crippen LogP contribution in [0.15, 0.2) is 24.3 Å². The van der Waals surface area contributed by atoms with Crippen LogP contribution < -0.4 is 0 Å². The third kappa shape index (κ3) is 2.70. The number of hydrogen-bond donors (Lipinski definition) is 2. The molecule has 3 atom stereocenters. The van der Waals surface area contributed by atoms with E-state index < -0.39 is 11.9 Å². The van der Waals surface area contributed by atoms with E-state index in [9.17, 15) is 15.0 Å². The van der Waals surface area contributed by atoms with Crippen LogP contribution in [0.2, 0.25) is 0 Å². The summed E-state index contributed by atoms with van der Waals surface area (Å²) in [6.45, 7) is -0.350. The number of carbonyl (C=O) groups is 1. The topological polar surface area (TPSA) is 60.8 Å². The molecule has 2 N–H and O–H groups in total. The quantitative estimate of drug-likeness (QED) is 0.892. The van der Waals surface area contributed by atoms with E-state index in [1.54, 1.807) is 0 Å². The zero-order chi connectivity index (χ0) is 15.0. The van der Waals surface area contributed by atoms with Crippen LogP contribution in [0.5, 0.6) is 0 Å². The molecule has 1 aromatic rings. The molecule has 1 aromatic carbocycles. The highest BCUT2D eigenvalue weighted by Crippen LogP contribution is 2.42. The van der Waals surface area contributed by atoms with Gasteiger partial charge in [-0.3, -0.25) is 4.79 Å². The maximum absolute atomic E-state index is 11.2. The SMILES string of the molecule is CN1C2CCC1CC(c1cccc(C(CO)C(=O)O)c1)C2. The Bertz CT molecular complexity index is 517. The molecule has 0 aromatic heterocycles. The molecule has 114 valence electrons. The van der Waals surface area contributed by atoms with E-state index in [0.29, 0.717) is 23.6 Å². The third-order valence-corrected chi connectivity index (χ3v) is 5.36. The molecule has 4 heteroatoms. The van der Waals surface area contributed by atoms with Crippen LogP contribution in [0.3, 0.4) is 0 Å². The number of aliphatic carboxylic acids is 1. The van der Waals surface area contributed by atoms with Gasteiger partial charge in [-0.1, -0.05) is 24.3 Å². The molecule has 0 amide bonds. The van der Waals surface area contributed by atoms with E-state index in [2.05, 4.69) is 18.0 Å². The summed E-state index contributed by atoms with van der Waals surface area (Å²) in [5, 5.41) is 18.5. The lowest BCUT2D eigenvalue weighted by molar-refractivity contribution is -0.139. The second kappa shape index (κ2) is 5.78. The van der Waals surface area contributed by atoms with E-state index in [1.165, 1.54) is 18.4 Å². The molecular weight excluding hydrogens is 266 g/mol. The van der Waals surface area contributed by atoms with Gasteiger partial charge in [0.1, 0.15) is 5.92 Å². The molecule has 2 aliphatic rings. The van der Waals surface area contributed by atoms with E-state index in [1.807, 2.05) is 18.2 Å². The predicted octanol–water partition coefficient (Wildman–Crippen LogP) is 2.19. The number of benzene rings is 1. The van der Waals surface area contributed by atoms with E-state index in [-0.39, 0.29) is 6.61 Å². The number of carboxylic acids is 1. The third-order valence-electron chi connectivity index (χ3n) is 5.36. The molecule has 2 heterocycles. The number of hydrogen-bond acceptors (Lipinski definition) is 3. The Hall–Kier alpha value is -1.39. The smallest absolute Gasteiger partial charge is 0.313 e. The standard InChI is InChI=1S/C17H23NO3/c1-18-14-5-6-15(18)9-13(8-14)11-3-2-4-12(7-11)16(10-19)17(20)21/h2-4,7,13-16,19H,5-6,8-10H2,1H3,(H,20,21). The number of nitrogens with zero attached hydrogens (tertiary/aromatic N) is 1. The Morgan fingerprint density at radius 2 is 2.00 bits per heavy atom. The lowest BCUT2D eigenvalue weighted by Gasteiger charge is -2.36. The number of carboxylic acid groups (broad SMARTS) is 1. The Labute approximate surface area is 125 Å². The highest BCUT2D eigenvalue weighted by atomic mass is 16.4. The van der Waals surface area contributed by atoms with Crippen molar-refractivity contribution < 1.29 is 15.0 Å². The van der Waals surface area contributed by atoms with Gasteiger partial charge in [0.25, 0.3) is 0 Å². The molecule has 0 spiro atoms. The van der Waals surface area contributed by atoms with Crippen molar-refractivity contribution >= 4 is 5.97 Å². The van der Waals surface area contributed by atoms with Crippen LogP contribution in [0.1, 0.15) is 48.6 Å². The van der Waals surface area contributed by atoms with Gasteiger partial charge >= 0.3 is 5.97 Å². The van der Waals surface area contributed by atoms with Crippen LogP contribution >= 0.6 is 0 Å². The number of aliphatic hydroxyl groups is 1. The summed E-state index contributed by atoms with van der Waals surface area (Å²) in [6.07, 6.45) is 4.89. The van der Waals surface area contributed by atoms with E-state index >= 15 is 0 Å². The molecule has 2 bridgehead atoms. The molecule has 0 radical (unpaired) electrons. The molecule has 2 aliphatic heterocycles. The fourth-order valence-corrected chi connectivity index (χ4v) is 4.04. The van der Waals surface area contributed by atoms with E-state index in [4.69, 9.17) is 0 Å². The zero-order valence-electron chi connectivity index (χ0n) is 12.4. The van der Waals surface area contributed by atoms with Crippen molar-refractivity contribution in [3.63, 3.8) is 0 Å². The molecule has 2 fully saturated rings. The van der Waals surface area contributed by atoms with Crippen LogP contribution in [-0.2, 0) is 4.79 Å². The summed E-state index contributed by atoms with van der Waals surface area (Å²) in [4.78, 5) is 13.7. The van der Waals surface area contributed by atoms with Crippen molar-refractivity contribution in [3.8, 4) is 0 Å². The average molecular weight is 289 g/mol. The minimum atomic E-state index is -0.960. The largest absolute Gasteiger partial charge is 0.481 e. The van der Waals surface area contributed by atoms with Gasteiger partial charge in [-0.2, -0.15) is 0 Å². The van der Waals surface area contributed by atoms with Crippen LogP contribution in [-0.4, -0.2) is 46.8 Å². The first kappa shape index (κ1) is 14.5. The van der Waals surface area contributed by atoms with Crippen molar-refractivity contribution in [1.82, 2.24) is 4.90 Å². The number of rotatable bonds is 4. The molecule has 4 nitrogen and oxygen atoms in total. The van der Waals surface area contributed by atoms with Gasteiger partial charge in [0.2, 0.25) is 0 Å². The summed E-state index contributed by atoms with van der Waals surface area (Å²) in [7, 11) is 2.22. The first-order valence-corrected chi connectivity index (χ1v) is 7.75. The summed E-state index contributed by atoms with van der Waals surface area (Å²) >= 11 is 0. The molecule has 3 rings (SSSR count). The maximum Gasteiger partial charge on any atom is 0.313 e. The second-order valence-corrected chi connectivity index (χ2v) is 6.46. The lowest BCUT2D eigenvalue weighted by atomic mass is 9.84. The fourth-order valence-electron chi connectivity index (χ4n) is 4.04. The van der Waals surface area contributed by atoms with Gasteiger partial charge in [0.05, 0.1) is 6.61 Å². The van der Waals surface area contributed by atoms with Crippen molar-refractivity contribution in [3.05, 3.63) is 35.4 Å². The molecule has 21 heavy (non-hydrogen) atoms. The average Bonchev–Trinajstić information content (AvgIpc) is 2.70. The lowest BCUT2D eigenvalue weighted by Crippen LogP contribution is -2.39. The summed E-state index contributed by atoms with van der Waals surface area (Å²) in [6, 6.07) is 9.18. The first-order chi connectivity index (χ1) is 10.1. The molecule has 3 unspecified atom stereocenters. The number of fused-ring (bicyclic) bond motifs is 2. The summed E-state index contributed by atoms with van der Waals surface area (Å²) in [5.74, 6) is -1.25. The van der Waals surface area contributed by atoms with Gasteiger partial charge < -0.3 is 15.1 Å². The molecular formula is C17H23NO3. The highest BCUT2D eigenvalue weighted by Gasteiger charge is 2.38. The fraction of sp³-hybridized carbons (Fsp3) is 0.588. The van der Waals surface area contributed by atoms with Gasteiger partial charge in [0, 0.05) is 12.1 Å².